The molecule has 2 atom stereocenters. The molecular weight excluding hydrogens is 222 g/mol. The third-order valence-electron chi connectivity index (χ3n) is 3.66. The molecule has 2 rings (SSSR count). The molecule has 1 aromatic rings. The van der Waals surface area contributed by atoms with Crippen molar-refractivity contribution in [3.63, 3.8) is 0 Å². The van der Waals surface area contributed by atoms with Gasteiger partial charge in [-0.3, -0.25) is 0 Å². The van der Waals surface area contributed by atoms with Gasteiger partial charge < -0.3 is 10.1 Å². The van der Waals surface area contributed by atoms with Crippen molar-refractivity contribution in [1.82, 2.24) is 5.32 Å². The highest BCUT2D eigenvalue weighted by atomic mass is 16.5. The first kappa shape index (κ1) is 13.6. The van der Waals surface area contributed by atoms with E-state index in [4.69, 9.17) is 4.74 Å². The van der Waals surface area contributed by atoms with E-state index in [1.54, 1.807) is 0 Å². The van der Waals surface area contributed by atoms with Gasteiger partial charge in [0.1, 0.15) is 0 Å². The average molecular weight is 247 g/mol. The van der Waals surface area contributed by atoms with Crippen LogP contribution in [0.3, 0.4) is 0 Å². The van der Waals surface area contributed by atoms with Gasteiger partial charge in [0.15, 0.2) is 0 Å². The summed E-state index contributed by atoms with van der Waals surface area (Å²) in [7, 11) is 0. The molecule has 0 aliphatic carbocycles. The number of hydrogen-bond acceptors (Lipinski definition) is 2. The van der Waals surface area contributed by atoms with E-state index in [1.165, 1.54) is 31.2 Å². The van der Waals surface area contributed by atoms with Gasteiger partial charge in [-0.25, -0.2) is 0 Å². The summed E-state index contributed by atoms with van der Waals surface area (Å²) in [6, 6.07) is 11.9. The molecule has 1 heterocycles. The third kappa shape index (κ3) is 4.11. The summed E-state index contributed by atoms with van der Waals surface area (Å²) >= 11 is 0. The highest BCUT2D eigenvalue weighted by Crippen LogP contribution is 2.22. The van der Waals surface area contributed by atoms with Gasteiger partial charge in [0.2, 0.25) is 0 Å². The van der Waals surface area contributed by atoms with Crippen LogP contribution in [0.25, 0.3) is 0 Å². The molecule has 1 aliphatic rings. The van der Waals surface area contributed by atoms with E-state index >= 15 is 0 Å². The number of hydrogen-bond donors (Lipinski definition) is 1. The van der Waals surface area contributed by atoms with Crippen molar-refractivity contribution in [3.05, 3.63) is 35.9 Å². The van der Waals surface area contributed by atoms with Gasteiger partial charge in [-0.05, 0) is 18.4 Å². The van der Waals surface area contributed by atoms with Crippen LogP contribution in [-0.4, -0.2) is 19.3 Å². The van der Waals surface area contributed by atoms with E-state index in [0.29, 0.717) is 12.1 Å². The molecule has 1 saturated heterocycles. The minimum atomic E-state index is 0.490. The Labute approximate surface area is 111 Å². The lowest BCUT2D eigenvalue weighted by Gasteiger charge is -2.22. The zero-order valence-electron chi connectivity index (χ0n) is 11.4. The molecule has 1 N–H and O–H groups in total. The predicted octanol–water partition coefficient (Wildman–Crippen LogP) is 3.69. The van der Waals surface area contributed by atoms with Gasteiger partial charge >= 0.3 is 0 Å². The summed E-state index contributed by atoms with van der Waals surface area (Å²) in [6.07, 6.45) is 6.29. The molecule has 0 amide bonds. The molecule has 0 bridgehead atoms. The lowest BCUT2D eigenvalue weighted by Crippen LogP contribution is -2.33. The zero-order valence-corrected chi connectivity index (χ0v) is 11.4. The molecule has 1 aromatic carbocycles. The van der Waals surface area contributed by atoms with Crippen molar-refractivity contribution in [2.45, 2.75) is 51.1 Å². The second kappa shape index (κ2) is 7.55. The van der Waals surface area contributed by atoms with Crippen LogP contribution in [-0.2, 0) is 4.74 Å². The van der Waals surface area contributed by atoms with Gasteiger partial charge in [-0.15, -0.1) is 0 Å². The molecule has 1 aliphatic heterocycles. The van der Waals surface area contributed by atoms with E-state index < -0.39 is 0 Å². The summed E-state index contributed by atoms with van der Waals surface area (Å²) in [5, 5.41) is 3.77. The molecule has 2 nitrogen and oxygen atoms in total. The Morgan fingerprint density at radius 2 is 2.11 bits per heavy atom. The fraction of sp³-hybridized carbons (Fsp3) is 0.625. The van der Waals surface area contributed by atoms with E-state index in [1.807, 2.05) is 0 Å². The molecular formula is C16H25NO. The fourth-order valence-electron chi connectivity index (χ4n) is 2.58. The number of nitrogens with one attached hydrogen (secondary N) is 1. The fourth-order valence-corrected chi connectivity index (χ4v) is 2.58. The van der Waals surface area contributed by atoms with Crippen molar-refractivity contribution in [2.75, 3.05) is 13.2 Å². The molecule has 0 radical (unpaired) electrons. The van der Waals surface area contributed by atoms with E-state index in [2.05, 4.69) is 42.6 Å². The molecule has 2 unspecified atom stereocenters. The van der Waals surface area contributed by atoms with Gasteiger partial charge in [-0.2, -0.15) is 0 Å². The maximum absolute atomic E-state index is 5.46. The largest absolute Gasteiger partial charge is 0.380 e. The first-order chi connectivity index (χ1) is 8.90. The van der Waals surface area contributed by atoms with Crippen LogP contribution in [0.5, 0.6) is 0 Å². The second-order valence-electron chi connectivity index (χ2n) is 5.19. The maximum atomic E-state index is 5.46. The zero-order chi connectivity index (χ0) is 12.6. The molecule has 2 heteroatoms. The second-order valence-corrected chi connectivity index (χ2v) is 5.19. The van der Waals surface area contributed by atoms with Gasteiger partial charge in [0.05, 0.1) is 6.61 Å². The van der Waals surface area contributed by atoms with Gasteiger partial charge in [0, 0.05) is 18.7 Å². The van der Waals surface area contributed by atoms with Crippen molar-refractivity contribution in [2.24, 2.45) is 0 Å². The summed E-state index contributed by atoms with van der Waals surface area (Å²) in [6.45, 7) is 4.04. The Morgan fingerprint density at radius 3 is 2.78 bits per heavy atom. The van der Waals surface area contributed by atoms with Crippen LogP contribution in [0, 0.1) is 0 Å². The minimum absolute atomic E-state index is 0.490. The average Bonchev–Trinajstić information content (AvgIpc) is 2.92. The van der Waals surface area contributed by atoms with Crippen molar-refractivity contribution < 1.29 is 4.74 Å². The van der Waals surface area contributed by atoms with E-state index in [9.17, 15) is 0 Å². The summed E-state index contributed by atoms with van der Waals surface area (Å²) in [5.41, 5.74) is 1.42. The SMILES string of the molecule is CCCCCC(NC1CCOC1)c1ccccc1. The Balaban J connectivity index is 1.93. The van der Waals surface area contributed by atoms with Crippen LogP contribution in [0.2, 0.25) is 0 Å². The highest BCUT2D eigenvalue weighted by Gasteiger charge is 2.20. The molecule has 0 aromatic heterocycles. The van der Waals surface area contributed by atoms with E-state index in [0.717, 1.165) is 19.6 Å². The van der Waals surface area contributed by atoms with Crippen LogP contribution in [0.1, 0.15) is 50.6 Å². The summed E-state index contributed by atoms with van der Waals surface area (Å²) < 4.78 is 5.46. The van der Waals surface area contributed by atoms with Crippen molar-refractivity contribution >= 4 is 0 Å². The minimum Gasteiger partial charge on any atom is -0.380 e. The number of benzene rings is 1. The lowest BCUT2D eigenvalue weighted by atomic mass is 9.99. The van der Waals surface area contributed by atoms with Crippen LogP contribution in [0.15, 0.2) is 30.3 Å². The molecule has 0 spiro atoms. The van der Waals surface area contributed by atoms with Crippen LogP contribution in [0.4, 0.5) is 0 Å². The summed E-state index contributed by atoms with van der Waals surface area (Å²) in [5.74, 6) is 0. The number of unbranched alkanes of at least 4 members (excludes halogenated alkanes) is 2. The quantitative estimate of drug-likeness (QED) is 0.742. The predicted molar refractivity (Wildman–Crippen MR) is 75.7 cm³/mol. The standard InChI is InChI=1S/C16H25NO/c1-2-3-5-10-16(14-8-6-4-7-9-14)17-15-11-12-18-13-15/h4,6-9,15-17H,2-3,5,10-13H2,1H3. The Hall–Kier alpha value is -0.860. The summed E-state index contributed by atoms with van der Waals surface area (Å²) in [4.78, 5) is 0. The molecule has 1 fully saturated rings. The Bertz CT molecular complexity index is 319. The monoisotopic (exact) mass is 247 g/mol. The molecule has 18 heavy (non-hydrogen) atoms. The van der Waals surface area contributed by atoms with Crippen molar-refractivity contribution in [3.8, 4) is 0 Å². The molecule has 100 valence electrons. The first-order valence-corrected chi connectivity index (χ1v) is 7.29. The first-order valence-electron chi connectivity index (χ1n) is 7.29. The van der Waals surface area contributed by atoms with E-state index in [-0.39, 0.29) is 0 Å². The Morgan fingerprint density at radius 1 is 1.28 bits per heavy atom. The van der Waals surface area contributed by atoms with Gasteiger partial charge in [-0.1, -0.05) is 56.5 Å². The van der Waals surface area contributed by atoms with Crippen LogP contribution >= 0.6 is 0 Å². The smallest absolute Gasteiger partial charge is 0.0620 e. The maximum Gasteiger partial charge on any atom is 0.0620 e. The normalized spacial score (nSPS) is 21.1. The Kier molecular flexibility index (Phi) is 5.69. The van der Waals surface area contributed by atoms with Crippen LogP contribution < -0.4 is 5.32 Å². The number of ether oxygens (including phenoxy) is 1. The third-order valence-corrected chi connectivity index (χ3v) is 3.66. The number of rotatable bonds is 7. The lowest BCUT2D eigenvalue weighted by molar-refractivity contribution is 0.187. The molecule has 0 saturated carbocycles. The topological polar surface area (TPSA) is 21.3 Å². The van der Waals surface area contributed by atoms with Crippen molar-refractivity contribution in [1.29, 1.82) is 0 Å². The highest BCUT2D eigenvalue weighted by molar-refractivity contribution is 5.19. The van der Waals surface area contributed by atoms with Gasteiger partial charge in [0.25, 0.3) is 0 Å².